The topological polar surface area (TPSA) is 29.5 Å². The van der Waals surface area contributed by atoms with Crippen molar-refractivity contribution in [1.29, 1.82) is 0 Å². The smallest absolute Gasteiger partial charge is 0.264 e. The van der Waals surface area contributed by atoms with Crippen molar-refractivity contribution in [1.82, 2.24) is 4.90 Å². The van der Waals surface area contributed by atoms with Crippen LogP contribution in [0.3, 0.4) is 0 Å². The highest BCUT2D eigenvalue weighted by molar-refractivity contribution is 7.80. The number of aryl methyl sites for hydroxylation is 1. The van der Waals surface area contributed by atoms with Crippen LogP contribution in [0.15, 0.2) is 18.2 Å². The molecule has 17 heavy (non-hydrogen) atoms. The summed E-state index contributed by atoms with van der Waals surface area (Å²) < 4.78 is 5.52. The SMILES string of the molecule is CN(C)C(=S)Oc1ccc2c(c1)CCCC2=O. The molecule has 0 aliphatic heterocycles. The first-order chi connectivity index (χ1) is 8.08. The van der Waals surface area contributed by atoms with Gasteiger partial charge in [-0.05, 0) is 48.8 Å². The summed E-state index contributed by atoms with van der Waals surface area (Å²) in [6.45, 7) is 0. The minimum absolute atomic E-state index is 0.230. The van der Waals surface area contributed by atoms with Gasteiger partial charge in [0.1, 0.15) is 5.75 Å². The van der Waals surface area contributed by atoms with Crippen LogP contribution in [0.25, 0.3) is 0 Å². The molecule has 0 unspecified atom stereocenters. The maximum absolute atomic E-state index is 11.7. The van der Waals surface area contributed by atoms with Gasteiger partial charge in [0.05, 0.1) is 0 Å². The van der Waals surface area contributed by atoms with Crippen molar-refractivity contribution in [2.45, 2.75) is 19.3 Å². The predicted octanol–water partition coefficient (Wildman–Crippen LogP) is 2.43. The standard InChI is InChI=1S/C13H15NO2S/c1-14(2)13(17)16-10-6-7-11-9(8-10)4-3-5-12(11)15/h6-8H,3-5H2,1-2H3. The van der Waals surface area contributed by atoms with Crippen LogP contribution in [0.5, 0.6) is 5.75 Å². The number of Topliss-reactive ketones (excluding diaryl/α,β-unsaturated/α-hetero) is 1. The maximum atomic E-state index is 11.7. The fourth-order valence-corrected chi connectivity index (χ4v) is 1.97. The van der Waals surface area contributed by atoms with E-state index in [-0.39, 0.29) is 5.78 Å². The summed E-state index contributed by atoms with van der Waals surface area (Å²) in [6.07, 6.45) is 2.52. The van der Waals surface area contributed by atoms with E-state index in [4.69, 9.17) is 17.0 Å². The van der Waals surface area contributed by atoms with Crippen LogP contribution in [0.4, 0.5) is 0 Å². The van der Waals surface area contributed by atoms with Gasteiger partial charge < -0.3 is 9.64 Å². The Bertz CT molecular complexity index is 468. The molecule has 2 rings (SSSR count). The average Bonchev–Trinajstić information content (AvgIpc) is 2.29. The summed E-state index contributed by atoms with van der Waals surface area (Å²) in [4.78, 5) is 13.4. The molecule has 0 bridgehead atoms. The Hall–Kier alpha value is -1.42. The van der Waals surface area contributed by atoms with Gasteiger partial charge in [-0.25, -0.2) is 0 Å². The molecule has 1 aliphatic carbocycles. The van der Waals surface area contributed by atoms with E-state index in [1.807, 2.05) is 26.2 Å². The van der Waals surface area contributed by atoms with E-state index in [1.165, 1.54) is 0 Å². The van der Waals surface area contributed by atoms with Crippen LogP contribution in [0.1, 0.15) is 28.8 Å². The number of hydrogen-bond donors (Lipinski definition) is 0. The second-order valence-electron chi connectivity index (χ2n) is 4.36. The Balaban J connectivity index is 2.22. The Morgan fingerprint density at radius 1 is 1.35 bits per heavy atom. The van der Waals surface area contributed by atoms with E-state index in [0.29, 0.717) is 17.3 Å². The zero-order chi connectivity index (χ0) is 12.4. The molecule has 0 fully saturated rings. The number of carbonyl (C=O) groups excluding carboxylic acids is 1. The summed E-state index contributed by atoms with van der Waals surface area (Å²) in [5, 5.41) is 0.423. The Kier molecular flexibility index (Phi) is 3.43. The second-order valence-corrected chi connectivity index (χ2v) is 4.71. The van der Waals surface area contributed by atoms with Gasteiger partial charge in [0.2, 0.25) is 0 Å². The highest BCUT2D eigenvalue weighted by Gasteiger charge is 2.17. The first-order valence-electron chi connectivity index (χ1n) is 5.63. The first kappa shape index (κ1) is 12.0. The zero-order valence-corrected chi connectivity index (χ0v) is 10.8. The fourth-order valence-electron chi connectivity index (χ4n) is 1.88. The molecule has 4 heteroatoms. The molecule has 0 heterocycles. The molecular weight excluding hydrogens is 234 g/mol. The van der Waals surface area contributed by atoms with Crippen LogP contribution in [0, 0.1) is 0 Å². The number of thiocarbonyl (C=S) groups is 1. The Morgan fingerprint density at radius 3 is 2.82 bits per heavy atom. The van der Waals surface area contributed by atoms with E-state index in [0.717, 1.165) is 24.0 Å². The minimum Gasteiger partial charge on any atom is -0.432 e. The van der Waals surface area contributed by atoms with Crippen LogP contribution in [-0.2, 0) is 6.42 Å². The second kappa shape index (κ2) is 4.84. The maximum Gasteiger partial charge on any atom is 0.264 e. The molecule has 90 valence electrons. The van der Waals surface area contributed by atoms with Gasteiger partial charge in [0.25, 0.3) is 5.17 Å². The largest absolute Gasteiger partial charge is 0.432 e. The van der Waals surface area contributed by atoms with Gasteiger partial charge in [-0.1, -0.05) is 0 Å². The van der Waals surface area contributed by atoms with Gasteiger partial charge in [-0.3, -0.25) is 4.79 Å². The molecule has 1 aromatic rings. The van der Waals surface area contributed by atoms with E-state index in [1.54, 1.807) is 11.0 Å². The van der Waals surface area contributed by atoms with E-state index in [2.05, 4.69) is 0 Å². The lowest BCUT2D eigenvalue weighted by atomic mass is 9.91. The van der Waals surface area contributed by atoms with Crippen molar-refractivity contribution in [2.75, 3.05) is 14.1 Å². The van der Waals surface area contributed by atoms with Gasteiger partial charge in [-0.15, -0.1) is 0 Å². The number of fused-ring (bicyclic) bond motifs is 1. The molecular formula is C13H15NO2S. The Morgan fingerprint density at radius 2 is 2.12 bits per heavy atom. The van der Waals surface area contributed by atoms with Gasteiger partial charge in [0, 0.05) is 26.1 Å². The van der Waals surface area contributed by atoms with Crippen LogP contribution >= 0.6 is 12.2 Å². The van der Waals surface area contributed by atoms with Crippen molar-refractivity contribution in [3.63, 3.8) is 0 Å². The molecule has 0 saturated heterocycles. The number of hydrogen-bond acceptors (Lipinski definition) is 3. The summed E-state index contributed by atoms with van der Waals surface area (Å²) in [5.74, 6) is 0.935. The molecule has 0 saturated carbocycles. The number of benzene rings is 1. The normalized spacial score (nSPS) is 14.1. The Labute approximate surface area is 106 Å². The van der Waals surface area contributed by atoms with Gasteiger partial charge in [0.15, 0.2) is 5.78 Å². The number of nitrogens with zero attached hydrogens (tertiary/aromatic N) is 1. The quantitative estimate of drug-likeness (QED) is 0.715. The van der Waals surface area contributed by atoms with E-state index in [9.17, 15) is 4.79 Å². The lowest BCUT2D eigenvalue weighted by molar-refractivity contribution is 0.0972. The molecule has 3 nitrogen and oxygen atoms in total. The third-order valence-corrected chi connectivity index (χ3v) is 3.25. The fraction of sp³-hybridized carbons (Fsp3) is 0.385. The average molecular weight is 249 g/mol. The lowest BCUT2D eigenvalue weighted by Gasteiger charge is -2.18. The predicted molar refractivity (Wildman–Crippen MR) is 70.6 cm³/mol. The van der Waals surface area contributed by atoms with Crippen molar-refractivity contribution < 1.29 is 9.53 Å². The van der Waals surface area contributed by atoms with Crippen molar-refractivity contribution >= 4 is 23.2 Å². The van der Waals surface area contributed by atoms with E-state index >= 15 is 0 Å². The lowest BCUT2D eigenvalue weighted by Crippen LogP contribution is -2.25. The van der Waals surface area contributed by atoms with Gasteiger partial charge in [-0.2, -0.15) is 0 Å². The summed E-state index contributed by atoms with van der Waals surface area (Å²) in [6, 6.07) is 5.56. The third-order valence-electron chi connectivity index (χ3n) is 2.80. The molecule has 0 aromatic heterocycles. The highest BCUT2D eigenvalue weighted by atomic mass is 32.1. The number of carbonyl (C=O) groups is 1. The monoisotopic (exact) mass is 249 g/mol. The van der Waals surface area contributed by atoms with Gasteiger partial charge >= 0.3 is 0 Å². The molecule has 1 aliphatic rings. The third kappa shape index (κ3) is 2.64. The number of ether oxygens (including phenoxy) is 1. The molecule has 0 radical (unpaired) electrons. The molecule has 0 spiro atoms. The molecule has 0 atom stereocenters. The first-order valence-corrected chi connectivity index (χ1v) is 6.04. The van der Waals surface area contributed by atoms with E-state index < -0.39 is 0 Å². The minimum atomic E-state index is 0.230. The summed E-state index contributed by atoms with van der Waals surface area (Å²) >= 11 is 5.07. The highest BCUT2D eigenvalue weighted by Crippen LogP contribution is 2.25. The number of rotatable bonds is 1. The molecule has 0 amide bonds. The van der Waals surface area contributed by atoms with Crippen molar-refractivity contribution in [3.05, 3.63) is 29.3 Å². The van der Waals surface area contributed by atoms with Crippen molar-refractivity contribution in [2.24, 2.45) is 0 Å². The summed E-state index contributed by atoms with van der Waals surface area (Å²) in [7, 11) is 3.68. The summed E-state index contributed by atoms with van der Waals surface area (Å²) in [5.41, 5.74) is 1.90. The zero-order valence-electron chi connectivity index (χ0n) is 10.0. The van der Waals surface area contributed by atoms with Crippen LogP contribution in [0.2, 0.25) is 0 Å². The van der Waals surface area contributed by atoms with Crippen molar-refractivity contribution in [3.8, 4) is 5.75 Å². The van der Waals surface area contributed by atoms with Crippen LogP contribution in [-0.4, -0.2) is 30.0 Å². The molecule has 1 aromatic carbocycles. The van der Waals surface area contributed by atoms with Crippen LogP contribution < -0.4 is 4.74 Å². The molecule has 0 N–H and O–H groups in total. The number of ketones is 1.